The van der Waals surface area contributed by atoms with Gasteiger partial charge in [0.25, 0.3) is 5.91 Å². The van der Waals surface area contributed by atoms with E-state index in [-0.39, 0.29) is 5.91 Å². The van der Waals surface area contributed by atoms with Crippen LogP contribution >= 0.6 is 0 Å². The van der Waals surface area contributed by atoms with E-state index >= 15 is 0 Å². The number of benzene rings is 2. The summed E-state index contributed by atoms with van der Waals surface area (Å²) in [5.41, 5.74) is 1.86. The lowest BCUT2D eigenvalue weighted by Crippen LogP contribution is -2.31. The van der Waals surface area contributed by atoms with Crippen molar-refractivity contribution in [3.63, 3.8) is 0 Å². The molecular formula is C14H8N2O. The number of fused-ring (bicyclic) bond motifs is 2. The van der Waals surface area contributed by atoms with Gasteiger partial charge >= 0.3 is 0 Å². The number of hydrogen-bond acceptors (Lipinski definition) is 2. The number of amides is 1. The smallest absolute Gasteiger partial charge is 0.256 e. The zero-order chi connectivity index (χ0) is 11.4. The summed E-state index contributed by atoms with van der Waals surface area (Å²) in [4.78, 5) is 18.0. The molecule has 2 aromatic carbocycles. The summed E-state index contributed by atoms with van der Waals surface area (Å²) in [6.07, 6.45) is 3.32. The molecule has 0 bridgehead atoms. The highest BCUT2D eigenvalue weighted by molar-refractivity contribution is 6.34. The van der Waals surface area contributed by atoms with Crippen LogP contribution in [0.15, 0.2) is 53.5 Å². The van der Waals surface area contributed by atoms with Crippen molar-refractivity contribution in [2.24, 2.45) is 4.99 Å². The zero-order valence-electron chi connectivity index (χ0n) is 8.92. The van der Waals surface area contributed by atoms with Crippen LogP contribution in [0.5, 0.6) is 0 Å². The molecule has 0 radical (unpaired) electrons. The van der Waals surface area contributed by atoms with Crippen LogP contribution in [-0.4, -0.2) is 11.7 Å². The van der Waals surface area contributed by atoms with Gasteiger partial charge in [-0.05, 0) is 23.6 Å². The van der Waals surface area contributed by atoms with Crippen LogP contribution in [0.2, 0.25) is 0 Å². The largest absolute Gasteiger partial charge is 0.269 e. The molecule has 0 saturated heterocycles. The first-order valence-electron chi connectivity index (χ1n) is 5.47. The molecule has 17 heavy (non-hydrogen) atoms. The Balaban J connectivity index is 2.18. The molecule has 2 heterocycles. The van der Waals surface area contributed by atoms with E-state index in [0.717, 1.165) is 22.1 Å². The van der Waals surface area contributed by atoms with Crippen molar-refractivity contribution < 1.29 is 4.79 Å². The van der Waals surface area contributed by atoms with E-state index in [1.54, 1.807) is 17.1 Å². The van der Waals surface area contributed by atoms with Crippen molar-refractivity contribution in [2.75, 3.05) is 4.90 Å². The molecule has 4 rings (SSSR count). The Labute approximate surface area is 97.7 Å². The van der Waals surface area contributed by atoms with E-state index in [4.69, 9.17) is 0 Å². The Morgan fingerprint density at radius 1 is 1.00 bits per heavy atom. The lowest BCUT2D eigenvalue weighted by molar-refractivity contribution is -0.113. The van der Waals surface area contributed by atoms with Crippen LogP contribution in [0.1, 0.15) is 0 Å². The lowest BCUT2D eigenvalue weighted by atomic mass is 10.0. The maximum absolute atomic E-state index is 11.8. The number of nitrogens with zero attached hydrogens (tertiary/aromatic N) is 2. The van der Waals surface area contributed by atoms with Crippen LogP contribution in [0.25, 0.3) is 10.8 Å². The summed E-state index contributed by atoms with van der Waals surface area (Å²) in [5.74, 6) is 0.687. The van der Waals surface area contributed by atoms with Gasteiger partial charge in [0, 0.05) is 11.5 Å². The van der Waals surface area contributed by atoms with Gasteiger partial charge in [-0.25, -0.2) is 4.99 Å². The normalized spacial score (nSPS) is 16.4. The van der Waals surface area contributed by atoms with Gasteiger partial charge in [-0.3, -0.25) is 9.69 Å². The van der Waals surface area contributed by atoms with Gasteiger partial charge in [-0.15, -0.1) is 0 Å². The molecule has 0 atom stereocenters. The molecule has 1 amide bonds. The molecule has 0 aliphatic carbocycles. The average molecular weight is 220 g/mol. The minimum absolute atomic E-state index is 0.0225. The van der Waals surface area contributed by atoms with Crippen molar-refractivity contribution in [1.29, 1.82) is 0 Å². The Morgan fingerprint density at radius 2 is 1.82 bits per heavy atom. The van der Waals surface area contributed by atoms with Gasteiger partial charge in [0.05, 0.1) is 11.4 Å². The molecule has 0 saturated carbocycles. The first-order valence-corrected chi connectivity index (χ1v) is 5.47. The molecular weight excluding hydrogens is 212 g/mol. The van der Waals surface area contributed by atoms with Crippen molar-refractivity contribution in [1.82, 2.24) is 0 Å². The maximum atomic E-state index is 11.8. The highest BCUT2D eigenvalue weighted by Gasteiger charge is 2.28. The average Bonchev–Trinajstić information content (AvgIpc) is 2.72. The van der Waals surface area contributed by atoms with E-state index in [1.807, 2.05) is 36.4 Å². The molecule has 2 aliphatic rings. The molecule has 2 aliphatic heterocycles. The second-order valence-corrected chi connectivity index (χ2v) is 4.13. The highest BCUT2D eigenvalue weighted by Crippen LogP contribution is 2.39. The number of rotatable bonds is 0. The molecule has 0 aromatic heterocycles. The van der Waals surface area contributed by atoms with Crippen LogP contribution in [0.4, 0.5) is 11.4 Å². The standard InChI is InChI=1S/C14H8N2O/c17-13-8-7-12-15-10-5-1-3-9-4-2-6-11(14(9)10)16(12)13/h1-8H. The molecule has 2 aromatic rings. The third-order valence-corrected chi connectivity index (χ3v) is 3.16. The second-order valence-electron chi connectivity index (χ2n) is 4.13. The summed E-state index contributed by atoms with van der Waals surface area (Å²) in [6, 6.07) is 12.0. The zero-order valence-corrected chi connectivity index (χ0v) is 8.92. The third kappa shape index (κ3) is 1.00. The van der Waals surface area contributed by atoms with E-state index in [2.05, 4.69) is 4.99 Å². The van der Waals surface area contributed by atoms with Gasteiger partial charge in [-0.2, -0.15) is 0 Å². The minimum Gasteiger partial charge on any atom is -0.269 e. The van der Waals surface area contributed by atoms with Gasteiger partial charge < -0.3 is 0 Å². The molecule has 3 heteroatoms. The SMILES string of the molecule is O=C1C=CC2=Nc3cccc4cccc(c34)N12. The predicted molar refractivity (Wildman–Crippen MR) is 67.7 cm³/mol. The van der Waals surface area contributed by atoms with E-state index in [0.29, 0.717) is 5.84 Å². The van der Waals surface area contributed by atoms with Crippen LogP contribution in [-0.2, 0) is 4.79 Å². The van der Waals surface area contributed by atoms with E-state index in [1.165, 1.54) is 0 Å². The molecule has 0 N–H and O–H groups in total. The second kappa shape index (κ2) is 2.83. The quantitative estimate of drug-likeness (QED) is 0.672. The van der Waals surface area contributed by atoms with Crippen molar-refractivity contribution in [3.05, 3.63) is 48.6 Å². The number of aliphatic imine (C=N–C) groups is 1. The highest BCUT2D eigenvalue weighted by atomic mass is 16.2. The summed E-state index contributed by atoms with van der Waals surface area (Å²) < 4.78 is 0. The first kappa shape index (κ1) is 8.70. The topological polar surface area (TPSA) is 32.7 Å². The Bertz CT molecular complexity index is 723. The summed E-state index contributed by atoms with van der Waals surface area (Å²) in [5, 5.41) is 2.17. The number of amidine groups is 1. The predicted octanol–water partition coefficient (Wildman–Crippen LogP) is 2.79. The third-order valence-electron chi connectivity index (χ3n) is 3.16. The minimum atomic E-state index is -0.0225. The number of carbonyl (C=O) groups excluding carboxylic acids is 1. The monoisotopic (exact) mass is 220 g/mol. The van der Waals surface area contributed by atoms with Crippen molar-refractivity contribution in [2.45, 2.75) is 0 Å². The molecule has 0 fully saturated rings. The summed E-state index contributed by atoms with van der Waals surface area (Å²) >= 11 is 0. The Kier molecular flexibility index (Phi) is 1.45. The summed E-state index contributed by atoms with van der Waals surface area (Å²) in [6.45, 7) is 0. The number of carbonyl (C=O) groups is 1. The molecule has 0 unspecified atom stereocenters. The van der Waals surface area contributed by atoms with Gasteiger partial charge in [0.1, 0.15) is 5.84 Å². The van der Waals surface area contributed by atoms with Gasteiger partial charge in [-0.1, -0.05) is 24.3 Å². The molecule has 3 nitrogen and oxygen atoms in total. The Morgan fingerprint density at radius 3 is 2.71 bits per heavy atom. The van der Waals surface area contributed by atoms with E-state index in [9.17, 15) is 4.79 Å². The van der Waals surface area contributed by atoms with Crippen LogP contribution in [0.3, 0.4) is 0 Å². The lowest BCUT2D eigenvalue weighted by Gasteiger charge is -2.23. The fourth-order valence-corrected chi connectivity index (χ4v) is 2.44. The van der Waals surface area contributed by atoms with Crippen molar-refractivity contribution >= 4 is 33.9 Å². The first-order chi connectivity index (χ1) is 8.34. The fraction of sp³-hybridized carbons (Fsp3) is 0. The number of anilines is 1. The van der Waals surface area contributed by atoms with Crippen LogP contribution in [0, 0.1) is 0 Å². The maximum Gasteiger partial charge on any atom is 0.256 e. The number of hydrogen-bond donors (Lipinski definition) is 0. The van der Waals surface area contributed by atoms with Gasteiger partial charge in [0.2, 0.25) is 0 Å². The molecule has 80 valence electrons. The Hall–Kier alpha value is -2.42. The van der Waals surface area contributed by atoms with Crippen molar-refractivity contribution in [3.8, 4) is 0 Å². The van der Waals surface area contributed by atoms with E-state index < -0.39 is 0 Å². The van der Waals surface area contributed by atoms with Crippen LogP contribution < -0.4 is 4.90 Å². The fourth-order valence-electron chi connectivity index (χ4n) is 2.44. The summed E-state index contributed by atoms with van der Waals surface area (Å²) in [7, 11) is 0. The van der Waals surface area contributed by atoms with Gasteiger partial charge in [0.15, 0.2) is 0 Å². The molecule has 0 spiro atoms.